The van der Waals surface area contributed by atoms with Gasteiger partial charge in [0.1, 0.15) is 0 Å². The van der Waals surface area contributed by atoms with Crippen molar-refractivity contribution in [1.82, 2.24) is 0 Å². The molecule has 0 spiro atoms. The molecule has 1 rings (SSSR count). The molecular weight excluding hydrogens is 166 g/mol. The third-order valence-corrected chi connectivity index (χ3v) is 3.28. The van der Waals surface area contributed by atoms with E-state index in [9.17, 15) is 10.2 Å². The first-order valence-electron chi connectivity index (χ1n) is 5.27. The third kappa shape index (κ3) is 2.66. The molecule has 0 bridgehead atoms. The van der Waals surface area contributed by atoms with Gasteiger partial charge in [0.25, 0.3) is 0 Å². The lowest BCUT2D eigenvalue weighted by molar-refractivity contribution is -0.152. The van der Waals surface area contributed by atoms with Crippen molar-refractivity contribution >= 4 is 0 Å². The maximum Gasteiger partial charge on any atom is 0.157 e. The molecule has 0 heterocycles. The molecule has 0 aromatic rings. The van der Waals surface area contributed by atoms with Gasteiger partial charge in [-0.15, -0.1) is 0 Å². The predicted molar refractivity (Wildman–Crippen MR) is 52.0 cm³/mol. The van der Waals surface area contributed by atoms with Gasteiger partial charge in [-0.25, -0.2) is 0 Å². The summed E-state index contributed by atoms with van der Waals surface area (Å²) in [7, 11) is 0. The van der Waals surface area contributed by atoms with Crippen LogP contribution < -0.4 is 5.73 Å². The van der Waals surface area contributed by atoms with E-state index in [0.717, 1.165) is 38.5 Å². The quantitative estimate of drug-likeness (QED) is 0.575. The monoisotopic (exact) mass is 187 g/mol. The second-order valence-corrected chi connectivity index (χ2v) is 4.19. The fraction of sp³-hybridized carbons (Fsp3) is 1.00. The normalized spacial score (nSPS) is 22.2. The summed E-state index contributed by atoms with van der Waals surface area (Å²) in [6.07, 6.45) is 6.00. The maximum absolute atomic E-state index is 9.37. The van der Waals surface area contributed by atoms with Crippen LogP contribution in [-0.4, -0.2) is 23.0 Å². The Balaban J connectivity index is 2.51. The number of hydrogen-bond acceptors (Lipinski definition) is 3. The summed E-state index contributed by atoms with van der Waals surface area (Å²) in [6.45, 7) is 0.647. The highest BCUT2D eigenvalue weighted by molar-refractivity contribution is 4.84. The average Bonchev–Trinajstić information content (AvgIpc) is 2.16. The van der Waals surface area contributed by atoms with E-state index in [1.54, 1.807) is 0 Å². The van der Waals surface area contributed by atoms with Crippen LogP contribution in [0.3, 0.4) is 0 Å². The van der Waals surface area contributed by atoms with Crippen LogP contribution in [0.15, 0.2) is 0 Å². The van der Waals surface area contributed by atoms with E-state index in [-0.39, 0.29) is 5.41 Å². The highest BCUT2D eigenvalue weighted by atomic mass is 16.5. The molecule has 78 valence electrons. The number of aliphatic hydroxyl groups excluding tert-OH is 1. The molecular formula is C10H21NO2. The first-order valence-corrected chi connectivity index (χ1v) is 5.27. The van der Waals surface area contributed by atoms with E-state index < -0.39 is 6.29 Å². The van der Waals surface area contributed by atoms with Gasteiger partial charge in [-0.1, -0.05) is 19.3 Å². The summed E-state index contributed by atoms with van der Waals surface area (Å²) in [6, 6.07) is 0. The Morgan fingerprint density at radius 2 is 1.77 bits per heavy atom. The third-order valence-electron chi connectivity index (χ3n) is 3.28. The van der Waals surface area contributed by atoms with E-state index in [1.165, 1.54) is 6.42 Å². The lowest BCUT2D eigenvalue weighted by Gasteiger charge is -2.38. The SMILES string of the molecule is NCCCC1(C(O)O)CCCCC1. The molecule has 1 aliphatic rings. The molecule has 0 aromatic carbocycles. The Kier molecular flexibility index (Phi) is 4.16. The molecule has 0 atom stereocenters. The molecule has 0 amide bonds. The maximum atomic E-state index is 9.37. The van der Waals surface area contributed by atoms with Crippen LogP contribution >= 0.6 is 0 Å². The van der Waals surface area contributed by atoms with Gasteiger partial charge in [-0.3, -0.25) is 0 Å². The average molecular weight is 187 g/mol. The molecule has 3 nitrogen and oxygen atoms in total. The molecule has 4 N–H and O–H groups in total. The predicted octanol–water partition coefficient (Wildman–Crippen LogP) is 0.987. The smallest absolute Gasteiger partial charge is 0.157 e. The van der Waals surface area contributed by atoms with Crippen LogP contribution in [0.4, 0.5) is 0 Å². The topological polar surface area (TPSA) is 66.5 Å². The van der Waals surface area contributed by atoms with Gasteiger partial charge >= 0.3 is 0 Å². The van der Waals surface area contributed by atoms with Crippen molar-refractivity contribution in [3.8, 4) is 0 Å². The number of hydrogen-bond donors (Lipinski definition) is 3. The van der Waals surface area contributed by atoms with E-state index in [2.05, 4.69) is 0 Å². The van der Waals surface area contributed by atoms with Gasteiger partial charge in [0.2, 0.25) is 0 Å². The summed E-state index contributed by atoms with van der Waals surface area (Å²) in [5.41, 5.74) is 5.20. The second-order valence-electron chi connectivity index (χ2n) is 4.19. The Morgan fingerprint density at radius 3 is 2.23 bits per heavy atom. The van der Waals surface area contributed by atoms with Gasteiger partial charge in [-0.2, -0.15) is 0 Å². The molecule has 0 aromatic heterocycles. The molecule has 0 aliphatic heterocycles. The van der Waals surface area contributed by atoms with E-state index in [1.807, 2.05) is 0 Å². The zero-order valence-electron chi connectivity index (χ0n) is 8.21. The van der Waals surface area contributed by atoms with Gasteiger partial charge in [0, 0.05) is 5.41 Å². The van der Waals surface area contributed by atoms with Crippen molar-refractivity contribution < 1.29 is 10.2 Å². The fourth-order valence-corrected chi connectivity index (χ4v) is 2.35. The van der Waals surface area contributed by atoms with E-state index in [0.29, 0.717) is 6.54 Å². The van der Waals surface area contributed by atoms with Crippen LogP contribution in [0.2, 0.25) is 0 Å². The van der Waals surface area contributed by atoms with Crippen LogP contribution in [-0.2, 0) is 0 Å². The molecule has 1 saturated carbocycles. The summed E-state index contributed by atoms with van der Waals surface area (Å²) in [5.74, 6) is 0. The van der Waals surface area contributed by atoms with Crippen LogP contribution in [0.1, 0.15) is 44.9 Å². The number of nitrogens with two attached hydrogens (primary N) is 1. The fourth-order valence-electron chi connectivity index (χ4n) is 2.35. The van der Waals surface area contributed by atoms with Gasteiger partial charge in [-0.05, 0) is 32.2 Å². The largest absolute Gasteiger partial charge is 0.368 e. The summed E-state index contributed by atoms with van der Waals surface area (Å²) >= 11 is 0. The molecule has 0 radical (unpaired) electrons. The molecule has 1 fully saturated rings. The summed E-state index contributed by atoms with van der Waals surface area (Å²) in [5, 5.41) is 18.7. The van der Waals surface area contributed by atoms with Gasteiger partial charge in [0.05, 0.1) is 0 Å². The van der Waals surface area contributed by atoms with Crippen molar-refractivity contribution in [2.75, 3.05) is 6.54 Å². The minimum atomic E-state index is -1.15. The summed E-state index contributed by atoms with van der Waals surface area (Å²) in [4.78, 5) is 0. The Hall–Kier alpha value is -0.120. The van der Waals surface area contributed by atoms with Crippen molar-refractivity contribution in [2.45, 2.75) is 51.2 Å². The highest BCUT2D eigenvalue weighted by Crippen LogP contribution is 2.42. The minimum absolute atomic E-state index is 0.238. The molecule has 0 saturated heterocycles. The van der Waals surface area contributed by atoms with Gasteiger partial charge in [0.15, 0.2) is 6.29 Å². The minimum Gasteiger partial charge on any atom is -0.368 e. The molecule has 1 aliphatic carbocycles. The van der Waals surface area contributed by atoms with Crippen molar-refractivity contribution in [1.29, 1.82) is 0 Å². The first kappa shape index (κ1) is 11.0. The van der Waals surface area contributed by atoms with E-state index >= 15 is 0 Å². The van der Waals surface area contributed by atoms with Crippen molar-refractivity contribution in [3.05, 3.63) is 0 Å². The lowest BCUT2D eigenvalue weighted by Crippen LogP contribution is -2.37. The molecule has 0 unspecified atom stereocenters. The zero-order chi connectivity index (χ0) is 9.73. The van der Waals surface area contributed by atoms with Crippen LogP contribution in [0.25, 0.3) is 0 Å². The molecule has 13 heavy (non-hydrogen) atoms. The van der Waals surface area contributed by atoms with Crippen LogP contribution in [0, 0.1) is 5.41 Å². The van der Waals surface area contributed by atoms with Crippen LogP contribution in [0.5, 0.6) is 0 Å². The first-order chi connectivity index (χ1) is 6.21. The summed E-state index contributed by atoms with van der Waals surface area (Å²) < 4.78 is 0. The lowest BCUT2D eigenvalue weighted by atomic mass is 9.70. The second kappa shape index (κ2) is 4.94. The van der Waals surface area contributed by atoms with E-state index in [4.69, 9.17) is 5.73 Å². The zero-order valence-corrected chi connectivity index (χ0v) is 8.21. The standard InChI is InChI=1S/C10H21NO2/c11-8-4-7-10(9(12)13)5-2-1-3-6-10/h9,12-13H,1-8,11H2. The Labute approximate surface area is 79.9 Å². The Morgan fingerprint density at radius 1 is 1.15 bits per heavy atom. The number of rotatable bonds is 4. The molecule has 3 heteroatoms. The number of aliphatic hydroxyl groups is 2. The Bertz CT molecular complexity index is 142. The van der Waals surface area contributed by atoms with Crippen molar-refractivity contribution in [2.24, 2.45) is 11.1 Å². The van der Waals surface area contributed by atoms with Gasteiger partial charge < -0.3 is 15.9 Å². The van der Waals surface area contributed by atoms with Crippen molar-refractivity contribution in [3.63, 3.8) is 0 Å². The highest BCUT2D eigenvalue weighted by Gasteiger charge is 2.37.